The zero-order valence-corrected chi connectivity index (χ0v) is 9.20. The summed E-state index contributed by atoms with van der Waals surface area (Å²) in [5.41, 5.74) is 1.26. The van der Waals surface area contributed by atoms with E-state index in [0.29, 0.717) is 6.04 Å². The van der Waals surface area contributed by atoms with E-state index in [0.717, 1.165) is 13.1 Å². The topological polar surface area (TPSA) is 28.2 Å². The first-order valence-corrected chi connectivity index (χ1v) is 4.97. The molecule has 1 atom stereocenters. The summed E-state index contributed by atoms with van der Waals surface area (Å²) in [6.07, 6.45) is 3.73. The predicted molar refractivity (Wildman–Crippen MR) is 59.1 cm³/mol. The van der Waals surface area contributed by atoms with Gasteiger partial charge >= 0.3 is 0 Å². The van der Waals surface area contributed by atoms with E-state index in [2.05, 4.69) is 35.2 Å². The fourth-order valence-electron chi connectivity index (χ4n) is 1.39. The summed E-state index contributed by atoms with van der Waals surface area (Å²) >= 11 is 0. The van der Waals surface area contributed by atoms with Gasteiger partial charge in [-0.25, -0.2) is 0 Å². The van der Waals surface area contributed by atoms with Gasteiger partial charge in [0.15, 0.2) is 0 Å². The molecule has 0 saturated carbocycles. The molecule has 0 bridgehead atoms. The molecule has 1 aromatic rings. The van der Waals surface area contributed by atoms with Crippen LogP contribution < -0.4 is 5.32 Å². The predicted octanol–water partition coefficient (Wildman–Crippen LogP) is 1.12. The van der Waals surface area contributed by atoms with Crippen LogP contribution in [0.15, 0.2) is 24.5 Å². The van der Waals surface area contributed by atoms with Crippen molar-refractivity contribution in [1.29, 1.82) is 0 Å². The normalized spacial score (nSPS) is 13.1. The van der Waals surface area contributed by atoms with Crippen LogP contribution in [-0.4, -0.2) is 36.6 Å². The summed E-state index contributed by atoms with van der Waals surface area (Å²) in [6, 6.07) is 4.63. The van der Waals surface area contributed by atoms with Gasteiger partial charge in [-0.1, -0.05) is 6.07 Å². The number of pyridine rings is 1. The summed E-state index contributed by atoms with van der Waals surface area (Å²) < 4.78 is 0. The highest BCUT2D eigenvalue weighted by molar-refractivity contribution is 5.08. The zero-order chi connectivity index (χ0) is 10.4. The minimum absolute atomic E-state index is 0.542. The van der Waals surface area contributed by atoms with Gasteiger partial charge in [0.05, 0.1) is 0 Å². The first kappa shape index (κ1) is 11.1. The number of nitrogens with one attached hydrogen (secondary N) is 1. The summed E-state index contributed by atoms with van der Waals surface area (Å²) in [4.78, 5) is 6.41. The molecule has 0 aliphatic heterocycles. The molecule has 0 aliphatic carbocycles. The Morgan fingerprint density at radius 3 is 2.93 bits per heavy atom. The van der Waals surface area contributed by atoms with E-state index in [1.165, 1.54) is 5.56 Å². The van der Waals surface area contributed by atoms with Gasteiger partial charge in [-0.15, -0.1) is 0 Å². The molecule has 0 spiro atoms. The van der Waals surface area contributed by atoms with Crippen molar-refractivity contribution in [2.24, 2.45) is 0 Å². The maximum atomic E-state index is 4.10. The van der Waals surface area contributed by atoms with Gasteiger partial charge in [-0.2, -0.15) is 0 Å². The molecule has 3 nitrogen and oxygen atoms in total. The second kappa shape index (κ2) is 5.73. The number of nitrogens with zero attached hydrogens (tertiary/aromatic N) is 2. The molecule has 0 saturated heterocycles. The molecule has 1 unspecified atom stereocenters. The van der Waals surface area contributed by atoms with Crippen LogP contribution >= 0.6 is 0 Å². The van der Waals surface area contributed by atoms with Crippen LogP contribution in [0, 0.1) is 0 Å². The highest BCUT2D eigenvalue weighted by atomic mass is 15.1. The van der Waals surface area contributed by atoms with E-state index in [4.69, 9.17) is 0 Å². The summed E-state index contributed by atoms with van der Waals surface area (Å²) in [5.74, 6) is 0. The molecular formula is C11H19N3. The van der Waals surface area contributed by atoms with E-state index in [1.807, 2.05) is 19.3 Å². The van der Waals surface area contributed by atoms with Crippen LogP contribution in [0.2, 0.25) is 0 Å². The molecule has 0 aromatic carbocycles. The first-order chi connectivity index (χ1) is 6.74. The zero-order valence-electron chi connectivity index (χ0n) is 9.20. The molecule has 0 aliphatic rings. The fourth-order valence-corrected chi connectivity index (χ4v) is 1.39. The van der Waals surface area contributed by atoms with Crippen LogP contribution in [0.5, 0.6) is 0 Å². The molecule has 1 heterocycles. The lowest BCUT2D eigenvalue weighted by atomic mass is 10.2. The second-order valence-electron chi connectivity index (χ2n) is 3.68. The van der Waals surface area contributed by atoms with Crippen molar-refractivity contribution >= 4 is 0 Å². The van der Waals surface area contributed by atoms with Crippen molar-refractivity contribution in [1.82, 2.24) is 15.2 Å². The lowest BCUT2D eigenvalue weighted by Crippen LogP contribution is -2.36. The molecule has 1 aromatic heterocycles. The van der Waals surface area contributed by atoms with Gasteiger partial charge in [0.1, 0.15) is 0 Å². The Morgan fingerprint density at radius 2 is 2.36 bits per heavy atom. The Kier molecular flexibility index (Phi) is 4.56. The lowest BCUT2D eigenvalue weighted by molar-refractivity contribution is 0.246. The molecule has 0 radical (unpaired) electrons. The van der Waals surface area contributed by atoms with Gasteiger partial charge < -0.3 is 5.32 Å². The maximum absolute atomic E-state index is 4.10. The van der Waals surface area contributed by atoms with E-state index >= 15 is 0 Å². The van der Waals surface area contributed by atoms with E-state index < -0.39 is 0 Å². The van der Waals surface area contributed by atoms with E-state index in [9.17, 15) is 0 Å². The monoisotopic (exact) mass is 193 g/mol. The highest BCUT2D eigenvalue weighted by Crippen LogP contribution is 2.03. The van der Waals surface area contributed by atoms with Crippen molar-refractivity contribution in [3.8, 4) is 0 Å². The Balaban J connectivity index is 2.44. The van der Waals surface area contributed by atoms with Crippen LogP contribution in [0.4, 0.5) is 0 Å². The molecule has 0 fully saturated rings. The number of hydrogen-bond donors (Lipinski definition) is 1. The molecule has 0 amide bonds. The second-order valence-corrected chi connectivity index (χ2v) is 3.68. The van der Waals surface area contributed by atoms with Crippen LogP contribution in [-0.2, 0) is 6.54 Å². The van der Waals surface area contributed by atoms with Crippen molar-refractivity contribution < 1.29 is 0 Å². The number of hydrogen-bond acceptors (Lipinski definition) is 3. The quantitative estimate of drug-likeness (QED) is 0.759. The molecule has 78 valence electrons. The van der Waals surface area contributed by atoms with Gasteiger partial charge in [0, 0.05) is 31.5 Å². The van der Waals surface area contributed by atoms with E-state index in [1.54, 1.807) is 6.20 Å². The first-order valence-electron chi connectivity index (χ1n) is 4.97. The van der Waals surface area contributed by atoms with Crippen LogP contribution in [0.1, 0.15) is 12.5 Å². The van der Waals surface area contributed by atoms with Gasteiger partial charge in [-0.3, -0.25) is 9.88 Å². The summed E-state index contributed by atoms with van der Waals surface area (Å²) in [6.45, 7) is 4.18. The minimum Gasteiger partial charge on any atom is -0.318 e. The molecule has 1 N–H and O–H groups in total. The van der Waals surface area contributed by atoms with E-state index in [-0.39, 0.29) is 0 Å². The fraction of sp³-hybridized carbons (Fsp3) is 0.545. The smallest absolute Gasteiger partial charge is 0.0312 e. The Hall–Kier alpha value is -0.930. The number of aromatic nitrogens is 1. The molecule has 1 rings (SSSR count). The molecule has 14 heavy (non-hydrogen) atoms. The van der Waals surface area contributed by atoms with Gasteiger partial charge in [0.2, 0.25) is 0 Å². The van der Waals surface area contributed by atoms with Gasteiger partial charge in [-0.05, 0) is 32.6 Å². The minimum atomic E-state index is 0.542. The van der Waals surface area contributed by atoms with Crippen molar-refractivity contribution in [3.05, 3.63) is 30.1 Å². The summed E-state index contributed by atoms with van der Waals surface area (Å²) in [7, 11) is 4.11. The van der Waals surface area contributed by atoms with Crippen molar-refractivity contribution in [2.75, 3.05) is 20.6 Å². The average Bonchev–Trinajstić information content (AvgIpc) is 2.19. The lowest BCUT2D eigenvalue weighted by Gasteiger charge is -2.24. The van der Waals surface area contributed by atoms with Crippen LogP contribution in [0.3, 0.4) is 0 Å². The third kappa shape index (κ3) is 3.44. The standard InChI is InChI=1S/C11H19N3/c1-10(7-12-2)14(3)9-11-5-4-6-13-8-11/h4-6,8,10,12H,7,9H2,1-3H3. The molecule has 3 heteroatoms. The Labute approximate surface area is 86.2 Å². The maximum Gasteiger partial charge on any atom is 0.0312 e. The average molecular weight is 193 g/mol. The number of likely N-dealkylation sites (N-methyl/N-ethyl adjacent to an activating group) is 2. The largest absolute Gasteiger partial charge is 0.318 e. The van der Waals surface area contributed by atoms with Crippen molar-refractivity contribution in [3.63, 3.8) is 0 Å². The Bertz CT molecular complexity index is 248. The molecular weight excluding hydrogens is 174 g/mol. The Morgan fingerprint density at radius 1 is 1.57 bits per heavy atom. The van der Waals surface area contributed by atoms with Crippen molar-refractivity contribution in [2.45, 2.75) is 19.5 Å². The third-order valence-corrected chi connectivity index (χ3v) is 2.41. The highest BCUT2D eigenvalue weighted by Gasteiger charge is 2.07. The third-order valence-electron chi connectivity index (χ3n) is 2.41. The van der Waals surface area contributed by atoms with Crippen LogP contribution in [0.25, 0.3) is 0 Å². The number of rotatable bonds is 5. The SMILES string of the molecule is CNCC(C)N(C)Cc1cccnc1. The summed E-state index contributed by atoms with van der Waals surface area (Å²) in [5, 5.41) is 3.18. The van der Waals surface area contributed by atoms with Gasteiger partial charge in [0.25, 0.3) is 0 Å².